The number of carbonyl (C=O) groups is 4. The Labute approximate surface area is 247 Å². The molecule has 42 heavy (non-hydrogen) atoms. The molecule has 4 rings (SSSR count). The van der Waals surface area contributed by atoms with E-state index in [1.807, 2.05) is 38.1 Å². The third-order valence-corrected chi connectivity index (χ3v) is 7.65. The van der Waals surface area contributed by atoms with Crippen LogP contribution in [0.3, 0.4) is 0 Å². The first-order valence-electron chi connectivity index (χ1n) is 14.8. The SMILES string of the molecule is COc1cccc(CCCNC(=O)[C@@H]2CC(=O)N[C@@H](CC(C)C)C(=O)N3CCC[C@@H]3COc3ccccc3C(=O)N2)c1. The maximum atomic E-state index is 13.6. The smallest absolute Gasteiger partial charge is 0.255 e. The Bertz CT molecular complexity index is 1270. The summed E-state index contributed by atoms with van der Waals surface area (Å²) in [5.41, 5.74) is 1.34. The predicted octanol–water partition coefficient (Wildman–Crippen LogP) is 2.85. The standard InChI is InChI=1S/C32H42N4O6/c1-21(2)17-27-32(40)36-16-8-11-23(36)20-42-28-14-5-4-13-25(28)30(38)35-26(19-29(37)34-27)31(39)33-15-7-10-22-9-6-12-24(18-22)41-3/h4-6,9,12-14,18,21,23,26-27H,7-8,10-11,15-17,19-20H2,1-3H3,(H,33,39)(H,34,37)(H,35,38)/t23-,26+,27+/m1/s1. The minimum atomic E-state index is -1.14. The largest absolute Gasteiger partial charge is 0.497 e. The molecule has 2 aliphatic heterocycles. The second-order valence-electron chi connectivity index (χ2n) is 11.4. The molecular weight excluding hydrogens is 536 g/mol. The van der Waals surface area contributed by atoms with E-state index in [0.29, 0.717) is 31.7 Å². The molecular formula is C32H42N4O6. The Balaban J connectivity index is 1.51. The first-order chi connectivity index (χ1) is 20.2. The first kappa shape index (κ1) is 30.9. The van der Waals surface area contributed by atoms with Crippen molar-refractivity contribution >= 4 is 23.6 Å². The summed E-state index contributed by atoms with van der Waals surface area (Å²) in [7, 11) is 1.62. The first-order valence-corrected chi connectivity index (χ1v) is 14.8. The van der Waals surface area contributed by atoms with E-state index in [1.54, 1.807) is 36.3 Å². The Morgan fingerprint density at radius 2 is 1.93 bits per heavy atom. The molecule has 10 heteroatoms. The predicted molar refractivity (Wildman–Crippen MR) is 158 cm³/mol. The van der Waals surface area contributed by atoms with Gasteiger partial charge in [0.25, 0.3) is 5.91 Å². The molecule has 0 saturated carbocycles. The molecule has 2 aliphatic rings. The minimum Gasteiger partial charge on any atom is -0.497 e. The van der Waals surface area contributed by atoms with Gasteiger partial charge < -0.3 is 30.3 Å². The van der Waals surface area contributed by atoms with Crippen molar-refractivity contribution in [1.29, 1.82) is 0 Å². The summed E-state index contributed by atoms with van der Waals surface area (Å²) in [5.74, 6) is -0.299. The van der Waals surface area contributed by atoms with Gasteiger partial charge in [-0.25, -0.2) is 0 Å². The number of fused-ring (bicyclic) bond motifs is 2. The highest BCUT2D eigenvalue weighted by molar-refractivity contribution is 6.01. The fraction of sp³-hybridized carbons (Fsp3) is 0.500. The molecule has 0 bridgehead atoms. The van der Waals surface area contributed by atoms with Crippen molar-refractivity contribution in [3.8, 4) is 11.5 Å². The van der Waals surface area contributed by atoms with Gasteiger partial charge in [0.2, 0.25) is 17.7 Å². The molecule has 4 amide bonds. The van der Waals surface area contributed by atoms with Gasteiger partial charge in [0, 0.05) is 13.1 Å². The molecule has 1 fully saturated rings. The van der Waals surface area contributed by atoms with E-state index in [-0.39, 0.29) is 36.5 Å². The highest BCUT2D eigenvalue weighted by Crippen LogP contribution is 2.24. The zero-order chi connectivity index (χ0) is 30.1. The van der Waals surface area contributed by atoms with Crippen molar-refractivity contribution in [2.75, 3.05) is 26.8 Å². The monoisotopic (exact) mass is 578 g/mol. The van der Waals surface area contributed by atoms with E-state index >= 15 is 0 Å². The van der Waals surface area contributed by atoms with Crippen molar-refractivity contribution in [2.45, 2.75) is 70.5 Å². The minimum absolute atomic E-state index is 0.143. The van der Waals surface area contributed by atoms with Crippen LogP contribution in [0.5, 0.6) is 11.5 Å². The zero-order valence-corrected chi connectivity index (χ0v) is 24.7. The third kappa shape index (κ3) is 8.24. The van der Waals surface area contributed by atoms with Crippen LogP contribution in [-0.4, -0.2) is 73.5 Å². The molecule has 0 unspecified atom stereocenters. The van der Waals surface area contributed by atoms with Crippen LogP contribution in [0.1, 0.15) is 61.9 Å². The normalized spacial score (nSPS) is 21.4. The molecule has 3 atom stereocenters. The van der Waals surface area contributed by atoms with Crippen molar-refractivity contribution in [1.82, 2.24) is 20.9 Å². The van der Waals surface area contributed by atoms with Gasteiger partial charge in [-0.2, -0.15) is 0 Å². The van der Waals surface area contributed by atoms with Crippen LogP contribution in [0.15, 0.2) is 48.5 Å². The lowest BCUT2D eigenvalue weighted by molar-refractivity contribution is -0.138. The molecule has 0 aliphatic carbocycles. The van der Waals surface area contributed by atoms with Gasteiger partial charge in [0.15, 0.2) is 0 Å². The van der Waals surface area contributed by atoms with Crippen LogP contribution >= 0.6 is 0 Å². The Morgan fingerprint density at radius 3 is 2.71 bits per heavy atom. The number of carbonyl (C=O) groups excluding carboxylic acids is 4. The van der Waals surface area contributed by atoms with Crippen molar-refractivity contribution in [3.63, 3.8) is 0 Å². The number of benzene rings is 2. The Kier molecular flexibility index (Phi) is 10.8. The maximum absolute atomic E-state index is 13.6. The van der Waals surface area contributed by atoms with Gasteiger partial charge in [-0.3, -0.25) is 19.2 Å². The number of aryl methyl sites for hydroxylation is 1. The summed E-state index contributed by atoms with van der Waals surface area (Å²) < 4.78 is 11.4. The number of ether oxygens (including phenoxy) is 2. The van der Waals surface area contributed by atoms with E-state index in [1.165, 1.54) is 0 Å². The second-order valence-corrected chi connectivity index (χ2v) is 11.4. The molecule has 2 aromatic carbocycles. The van der Waals surface area contributed by atoms with Crippen molar-refractivity contribution in [2.24, 2.45) is 5.92 Å². The molecule has 0 radical (unpaired) electrons. The zero-order valence-electron chi connectivity index (χ0n) is 24.7. The average Bonchev–Trinajstić information content (AvgIpc) is 3.45. The Hall–Kier alpha value is -4.08. The lowest BCUT2D eigenvalue weighted by Crippen LogP contribution is -2.54. The van der Waals surface area contributed by atoms with Gasteiger partial charge in [-0.15, -0.1) is 0 Å². The molecule has 3 N–H and O–H groups in total. The van der Waals surface area contributed by atoms with E-state index in [9.17, 15) is 19.2 Å². The van der Waals surface area contributed by atoms with Crippen LogP contribution in [0.25, 0.3) is 0 Å². The summed E-state index contributed by atoms with van der Waals surface area (Å²) in [4.78, 5) is 55.4. The van der Waals surface area contributed by atoms with Gasteiger partial charge >= 0.3 is 0 Å². The van der Waals surface area contributed by atoms with Gasteiger partial charge in [-0.1, -0.05) is 38.1 Å². The highest BCUT2D eigenvalue weighted by atomic mass is 16.5. The number of amides is 4. The number of para-hydroxylation sites is 1. The molecule has 0 spiro atoms. The van der Waals surface area contributed by atoms with Crippen LogP contribution in [0.2, 0.25) is 0 Å². The van der Waals surface area contributed by atoms with Crippen LogP contribution in [0.4, 0.5) is 0 Å². The van der Waals surface area contributed by atoms with Crippen molar-refractivity contribution in [3.05, 3.63) is 59.7 Å². The number of nitrogens with zero attached hydrogens (tertiary/aromatic N) is 1. The molecule has 2 aromatic rings. The topological polar surface area (TPSA) is 126 Å². The van der Waals surface area contributed by atoms with Crippen LogP contribution in [0, 0.1) is 5.92 Å². The number of methoxy groups -OCH3 is 1. The number of nitrogens with one attached hydrogen (secondary N) is 3. The highest BCUT2D eigenvalue weighted by Gasteiger charge is 2.36. The Morgan fingerprint density at radius 1 is 1.12 bits per heavy atom. The van der Waals surface area contributed by atoms with Crippen molar-refractivity contribution < 1.29 is 28.7 Å². The third-order valence-electron chi connectivity index (χ3n) is 7.65. The lowest BCUT2D eigenvalue weighted by atomic mass is 10.0. The van der Waals surface area contributed by atoms with Crippen LogP contribution < -0.4 is 25.4 Å². The van der Waals surface area contributed by atoms with E-state index in [0.717, 1.165) is 30.6 Å². The van der Waals surface area contributed by atoms with E-state index in [4.69, 9.17) is 9.47 Å². The number of rotatable bonds is 8. The maximum Gasteiger partial charge on any atom is 0.255 e. The fourth-order valence-electron chi connectivity index (χ4n) is 5.50. The number of hydrogen-bond acceptors (Lipinski definition) is 6. The lowest BCUT2D eigenvalue weighted by Gasteiger charge is -2.31. The summed E-state index contributed by atoms with van der Waals surface area (Å²) in [6, 6.07) is 12.5. The summed E-state index contributed by atoms with van der Waals surface area (Å²) in [6.07, 6.45) is 3.15. The molecule has 2 heterocycles. The summed E-state index contributed by atoms with van der Waals surface area (Å²) in [6.45, 7) is 5.16. The molecule has 10 nitrogen and oxygen atoms in total. The summed E-state index contributed by atoms with van der Waals surface area (Å²) >= 11 is 0. The average molecular weight is 579 g/mol. The van der Waals surface area contributed by atoms with Gasteiger partial charge in [-0.05, 0) is 67.9 Å². The molecule has 1 saturated heterocycles. The van der Waals surface area contributed by atoms with Crippen LogP contribution in [-0.2, 0) is 20.8 Å². The van der Waals surface area contributed by atoms with Gasteiger partial charge in [0.1, 0.15) is 30.2 Å². The van der Waals surface area contributed by atoms with E-state index in [2.05, 4.69) is 16.0 Å². The molecule has 0 aromatic heterocycles. The second kappa shape index (κ2) is 14.7. The summed E-state index contributed by atoms with van der Waals surface area (Å²) in [5, 5.41) is 8.47. The number of hydrogen-bond donors (Lipinski definition) is 3. The van der Waals surface area contributed by atoms with E-state index < -0.39 is 29.8 Å². The molecule has 226 valence electrons. The van der Waals surface area contributed by atoms with Gasteiger partial charge in [0.05, 0.1) is 25.1 Å². The quantitative estimate of drug-likeness (QED) is 0.414. The fourth-order valence-corrected chi connectivity index (χ4v) is 5.50.